The maximum Gasteiger partial charge on any atom is 0.176 e. The van der Waals surface area contributed by atoms with E-state index in [4.69, 9.17) is 11.6 Å². The second kappa shape index (κ2) is 5.93. The fraction of sp³-hybridized carbons (Fsp3) is 0.250. The molecule has 3 rings (SSSR count). The predicted octanol–water partition coefficient (Wildman–Crippen LogP) is 4.26. The quantitative estimate of drug-likeness (QED) is 0.781. The van der Waals surface area contributed by atoms with Crippen LogP contribution >= 0.6 is 11.6 Å². The smallest absolute Gasteiger partial charge is 0.176 e. The van der Waals surface area contributed by atoms with Gasteiger partial charge in [0.05, 0.1) is 12.2 Å². The summed E-state index contributed by atoms with van der Waals surface area (Å²) in [6.45, 7) is 3.93. The zero-order valence-corrected chi connectivity index (χ0v) is 13.1. The maximum atomic E-state index is 13.9. The average Bonchev–Trinajstić information content (AvgIpc) is 2.89. The molecule has 0 aliphatic carbocycles. The summed E-state index contributed by atoms with van der Waals surface area (Å²) in [5.41, 5.74) is 2.10. The first-order valence-corrected chi connectivity index (χ1v) is 7.52. The summed E-state index contributed by atoms with van der Waals surface area (Å²) in [5, 5.41) is 8.02. The van der Waals surface area contributed by atoms with Gasteiger partial charge in [-0.3, -0.25) is 0 Å². The maximum absolute atomic E-state index is 13.9. The fourth-order valence-corrected chi connectivity index (χ4v) is 2.56. The molecule has 0 amide bonds. The molecule has 2 heterocycles. The molecule has 0 fully saturated rings. The Morgan fingerprint density at radius 3 is 2.86 bits per heavy atom. The molecule has 6 heteroatoms. The molecule has 0 aliphatic heterocycles. The van der Waals surface area contributed by atoms with E-state index in [1.54, 1.807) is 22.8 Å². The molecule has 22 heavy (non-hydrogen) atoms. The van der Waals surface area contributed by atoms with Gasteiger partial charge >= 0.3 is 0 Å². The molecule has 4 nitrogen and oxygen atoms in total. The highest BCUT2D eigenvalue weighted by molar-refractivity contribution is 6.33. The van der Waals surface area contributed by atoms with Crippen molar-refractivity contribution >= 4 is 23.1 Å². The van der Waals surface area contributed by atoms with Crippen LogP contribution in [-0.2, 0) is 6.42 Å². The number of halogens is 2. The Morgan fingerprint density at radius 2 is 2.14 bits per heavy atom. The van der Waals surface area contributed by atoms with Crippen molar-refractivity contribution in [3.05, 3.63) is 58.6 Å². The number of nitrogens with one attached hydrogen (secondary N) is 1. The number of anilines is 1. The summed E-state index contributed by atoms with van der Waals surface area (Å²) in [5.74, 6) is 0.506. The standard InChI is InChI=1S/C16H16ClFN4/c1-3-11-8-15(22-16(21-11)13(17)9-19-22)20-10(2)12-6-4-5-7-14(12)18/h4-10,20H,3H2,1-2H3. The number of aromatic nitrogens is 3. The molecule has 0 aliphatic rings. The molecule has 3 aromatic rings. The summed E-state index contributed by atoms with van der Waals surface area (Å²) < 4.78 is 15.5. The minimum Gasteiger partial charge on any atom is -0.363 e. The van der Waals surface area contributed by atoms with Gasteiger partial charge in [0.15, 0.2) is 5.65 Å². The van der Waals surface area contributed by atoms with Crippen LogP contribution in [0.25, 0.3) is 5.65 Å². The predicted molar refractivity (Wildman–Crippen MR) is 85.8 cm³/mol. The van der Waals surface area contributed by atoms with E-state index in [0.717, 1.165) is 17.9 Å². The minimum atomic E-state index is -0.234. The van der Waals surface area contributed by atoms with Crippen LogP contribution in [0.4, 0.5) is 10.2 Å². The number of fused-ring (bicyclic) bond motifs is 1. The Bertz CT molecular complexity index is 815. The van der Waals surface area contributed by atoms with Crippen LogP contribution in [0.2, 0.25) is 5.02 Å². The van der Waals surface area contributed by atoms with E-state index in [1.165, 1.54) is 6.07 Å². The summed E-state index contributed by atoms with van der Waals surface area (Å²) in [7, 11) is 0. The lowest BCUT2D eigenvalue weighted by atomic mass is 10.1. The minimum absolute atomic E-state index is 0.209. The van der Waals surface area contributed by atoms with Crippen LogP contribution in [0.3, 0.4) is 0 Å². The zero-order valence-electron chi connectivity index (χ0n) is 12.3. The second-order valence-corrected chi connectivity index (χ2v) is 5.51. The van der Waals surface area contributed by atoms with Gasteiger partial charge in [0.2, 0.25) is 0 Å². The highest BCUT2D eigenvalue weighted by Gasteiger charge is 2.14. The lowest BCUT2D eigenvalue weighted by Crippen LogP contribution is -2.12. The summed E-state index contributed by atoms with van der Waals surface area (Å²) in [4.78, 5) is 4.47. The third-order valence-electron chi connectivity index (χ3n) is 3.58. The summed E-state index contributed by atoms with van der Waals surface area (Å²) >= 11 is 6.12. The van der Waals surface area contributed by atoms with E-state index in [-0.39, 0.29) is 11.9 Å². The molecule has 1 aromatic carbocycles. The highest BCUT2D eigenvalue weighted by Crippen LogP contribution is 2.24. The van der Waals surface area contributed by atoms with Crippen LogP contribution in [-0.4, -0.2) is 14.6 Å². The van der Waals surface area contributed by atoms with Gasteiger partial charge in [-0.2, -0.15) is 9.61 Å². The molecule has 114 valence electrons. The first-order valence-electron chi connectivity index (χ1n) is 7.14. The van der Waals surface area contributed by atoms with Crippen molar-refractivity contribution in [1.82, 2.24) is 14.6 Å². The van der Waals surface area contributed by atoms with Gasteiger partial charge in [0.1, 0.15) is 16.7 Å². The van der Waals surface area contributed by atoms with Crippen LogP contribution < -0.4 is 5.32 Å². The average molecular weight is 319 g/mol. The first-order chi connectivity index (χ1) is 10.6. The van der Waals surface area contributed by atoms with Gasteiger partial charge < -0.3 is 5.32 Å². The Balaban J connectivity index is 2.01. The first kappa shape index (κ1) is 14.8. The normalized spacial score (nSPS) is 12.5. The van der Waals surface area contributed by atoms with Gasteiger partial charge in [-0.15, -0.1) is 0 Å². The van der Waals surface area contributed by atoms with Gasteiger partial charge in [0.25, 0.3) is 0 Å². The van der Waals surface area contributed by atoms with Crippen molar-refractivity contribution in [2.75, 3.05) is 5.32 Å². The highest BCUT2D eigenvalue weighted by atomic mass is 35.5. The van der Waals surface area contributed by atoms with E-state index in [1.807, 2.05) is 26.0 Å². The lowest BCUT2D eigenvalue weighted by Gasteiger charge is -2.17. The monoisotopic (exact) mass is 318 g/mol. The van der Waals surface area contributed by atoms with E-state index < -0.39 is 0 Å². The Kier molecular flexibility index (Phi) is 3.98. The third kappa shape index (κ3) is 2.64. The second-order valence-electron chi connectivity index (χ2n) is 5.10. The molecular formula is C16H16ClFN4. The third-order valence-corrected chi connectivity index (χ3v) is 3.85. The SMILES string of the molecule is CCc1cc(NC(C)c2ccccc2F)n2ncc(Cl)c2n1. The van der Waals surface area contributed by atoms with Crippen molar-refractivity contribution in [1.29, 1.82) is 0 Å². The Morgan fingerprint density at radius 1 is 1.36 bits per heavy atom. The van der Waals surface area contributed by atoms with Crippen molar-refractivity contribution in [3.8, 4) is 0 Å². The number of benzene rings is 1. The number of nitrogens with zero attached hydrogens (tertiary/aromatic N) is 3. The van der Waals surface area contributed by atoms with E-state index in [9.17, 15) is 4.39 Å². The largest absolute Gasteiger partial charge is 0.363 e. The number of aryl methyl sites for hydroxylation is 1. The Hall–Kier alpha value is -2.14. The molecule has 0 spiro atoms. The van der Waals surface area contributed by atoms with Crippen molar-refractivity contribution < 1.29 is 4.39 Å². The van der Waals surface area contributed by atoms with Crippen molar-refractivity contribution in [2.24, 2.45) is 0 Å². The topological polar surface area (TPSA) is 42.2 Å². The van der Waals surface area contributed by atoms with E-state index >= 15 is 0 Å². The zero-order chi connectivity index (χ0) is 15.7. The van der Waals surface area contributed by atoms with Crippen molar-refractivity contribution in [3.63, 3.8) is 0 Å². The van der Waals surface area contributed by atoms with E-state index in [2.05, 4.69) is 15.4 Å². The lowest BCUT2D eigenvalue weighted by molar-refractivity contribution is 0.599. The van der Waals surface area contributed by atoms with Crippen LogP contribution in [0.5, 0.6) is 0 Å². The summed E-state index contributed by atoms with van der Waals surface area (Å²) in [6, 6.07) is 8.42. The molecular weight excluding hydrogens is 303 g/mol. The van der Waals surface area contributed by atoms with Crippen LogP contribution in [0.1, 0.15) is 31.1 Å². The number of hydrogen-bond acceptors (Lipinski definition) is 3. The number of rotatable bonds is 4. The molecule has 0 saturated heterocycles. The fourth-order valence-electron chi connectivity index (χ4n) is 2.40. The molecule has 0 bridgehead atoms. The summed E-state index contributed by atoms with van der Waals surface area (Å²) in [6.07, 6.45) is 2.34. The van der Waals surface area contributed by atoms with E-state index in [0.29, 0.717) is 16.2 Å². The molecule has 0 radical (unpaired) electrons. The molecule has 2 aromatic heterocycles. The molecule has 1 atom stereocenters. The van der Waals surface area contributed by atoms with Gasteiger partial charge in [-0.25, -0.2) is 9.37 Å². The molecule has 0 saturated carbocycles. The molecule has 1 unspecified atom stereocenters. The van der Waals surface area contributed by atoms with Crippen LogP contribution in [0.15, 0.2) is 36.5 Å². The van der Waals surface area contributed by atoms with Crippen LogP contribution in [0, 0.1) is 5.82 Å². The van der Waals surface area contributed by atoms with Gasteiger partial charge in [0, 0.05) is 17.3 Å². The molecule has 1 N–H and O–H groups in total. The Labute approximate surface area is 132 Å². The van der Waals surface area contributed by atoms with Crippen molar-refractivity contribution in [2.45, 2.75) is 26.3 Å². The number of hydrogen-bond donors (Lipinski definition) is 1. The van der Waals surface area contributed by atoms with Gasteiger partial charge in [-0.05, 0) is 19.4 Å². The van der Waals surface area contributed by atoms with Gasteiger partial charge in [-0.1, -0.05) is 36.7 Å².